The highest BCUT2D eigenvalue weighted by Crippen LogP contribution is 2.28. The first-order chi connectivity index (χ1) is 13.4. The summed E-state index contributed by atoms with van der Waals surface area (Å²) in [5, 5.41) is 8.93. The van der Waals surface area contributed by atoms with Gasteiger partial charge in [-0.1, -0.05) is 23.8 Å². The molecule has 0 N–H and O–H groups in total. The zero-order valence-electron chi connectivity index (χ0n) is 17.9. The summed E-state index contributed by atoms with van der Waals surface area (Å²) in [4.78, 5) is 16.9. The zero-order chi connectivity index (χ0) is 20.3. The maximum atomic E-state index is 12.8. The van der Waals surface area contributed by atoms with Gasteiger partial charge in [-0.05, 0) is 58.8 Å². The number of benzene rings is 1. The SMILES string of the molecule is CCn1c(CN(C)C)nnc1C1CCN(C(=O)Cc2cc(C)ccc2C)CC1. The van der Waals surface area contributed by atoms with E-state index in [9.17, 15) is 4.79 Å². The number of piperidine rings is 1. The first-order valence-electron chi connectivity index (χ1n) is 10.3. The van der Waals surface area contributed by atoms with Crippen LogP contribution in [0.2, 0.25) is 0 Å². The van der Waals surface area contributed by atoms with Crippen LogP contribution >= 0.6 is 0 Å². The number of hydrogen-bond acceptors (Lipinski definition) is 4. The smallest absolute Gasteiger partial charge is 0.227 e. The lowest BCUT2D eigenvalue weighted by Crippen LogP contribution is -2.39. The van der Waals surface area contributed by atoms with Crippen LogP contribution in [0.25, 0.3) is 0 Å². The van der Waals surface area contributed by atoms with Crippen LogP contribution in [-0.2, 0) is 24.3 Å². The molecule has 1 aliphatic heterocycles. The molecule has 6 heteroatoms. The van der Waals surface area contributed by atoms with Crippen LogP contribution in [0.1, 0.15) is 54.0 Å². The Labute approximate surface area is 168 Å². The molecule has 0 bridgehead atoms. The van der Waals surface area contributed by atoms with E-state index < -0.39 is 0 Å². The van der Waals surface area contributed by atoms with Crippen molar-refractivity contribution in [2.24, 2.45) is 0 Å². The van der Waals surface area contributed by atoms with E-state index in [1.165, 1.54) is 11.1 Å². The minimum Gasteiger partial charge on any atom is -0.342 e. The van der Waals surface area contributed by atoms with Crippen LogP contribution in [0.15, 0.2) is 18.2 Å². The van der Waals surface area contributed by atoms with E-state index >= 15 is 0 Å². The fourth-order valence-corrected chi connectivity index (χ4v) is 4.05. The molecule has 1 amide bonds. The van der Waals surface area contributed by atoms with Crippen molar-refractivity contribution in [3.63, 3.8) is 0 Å². The third-order valence-corrected chi connectivity index (χ3v) is 5.69. The van der Waals surface area contributed by atoms with Crippen molar-refractivity contribution < 1.29 is 4.79 Å². The van der Waals surface area contributed by atoms with Gasteiger partial charge in [-0.25, -0.2) is 0 Å². The molecule has 0 spiro atoms. The lowest BCUT2D eigenvalue weighted by Gasteiger charge is -2.32. The third-order valence-electron chi connectivity index (χ3n) is 5.69. The molecule has 2 aromatic rings. The van der Waals surface area contributed by atoms with E-state index in [1.807, 2.05) is 19.0 Å². The van der Waals surface area contributed by atoms with Crippen molar-refractivity contribution in [3.8, 4) is 0 Å². The molecule has 1 fully saturated rings. The predicted octanol–water partition coefficient (Wildman–Crippen LogP) is 2.93. The Morgan fingerprint density at radius 1 is 1.18 bits per heavy atom. The Kier molecular flexibility index (Phi) is 6.50. The number of aryl methyl sites for hydroxylation is 2. The molecule has 0 atom stereocenters. The van der Waals surface area contributed by atoms with Gasteiger partial charge in [0.15, 0.2) is 0 Å². The fraction of sp³-hybridized carbons (Fsp3) is 0.591. The van der Waals surface area contributed by atoms with Crippen LogP contribution in [0, 0.1) is 13.8 Å². The van der Waals surface area contributed by atoms with Gasteiger partial charge >= 0.3 is 0 Å². The van der Waals surface area contributed by atoms with Gasteiger partial charge in [0.1, 0.15) is 11.6 Å². The van der Waals surface area contributed by atoms with Crippen LogP contribution in [0.5, 0.6) is 0 Å². The van der Waals surface area contributed by atoms with Gasteiger partial charge in [0.2, 0.25) is 5.91 Å². The van der Waals surface area contributed by atoms with Crippen molar-refractivity contribution in [2.45, 2.75) is 59.0 Å². The summed E-state index contributed by atoms with van der Waals surface area (Å²) in [7, 11) is 4.10. The molecule has 1 aliphatic rings. The summed E-state index contributed by atoms with van der Waals surface area (Å²) >= 11 is 0. The highest BCUT2D eigenvalue weighted by Gasteiger charge is 2.28. The standard InChI is InChI=1S/C22H33N5O/c1-6-27-20(15-25(4)5)23-24-22(27)18-9-11-26(12-10-18)21(28)14-19-13-16(2)7-8-17(19)3/h7-8,13,18H,6,9-12,14-15H2,1-5H3. The molecular formula is C22H33N5O. The second kappa shape index (κ2) is 8.86. The van der Waals surface area contributed by atoms with Crippen molar-refractivity contribution in [3.05, 3.63) is 46.5 Å². The van der Waals surface area contributed by atoms with E-state index in [2.05, 4.69) is 58.6 Å². The quantitative estimate of drug-likeness (QED) is 0.770. The Balaban J connectivity index is 1.62. The zero-order valence-corrected chi connectivity index (χ0v) is 17.9. The molecule has 1 aromatic carbocycles. The summed E-state index contributed by atoms with van der Waals surface area (Å²) < 4.78 is 2.25. The van der Waals surface area contributed by atoms with Crippen LogP contribution in [0.4, 0.5) is 0 Å². The topological polar surface area (TPSA) is 54.3 Å². The van der Waals surface area contributed by atoms with Gasteiger partial charge in [0.25, 0.3) is 0 Å². The average molecular weight is 384 g/mol. The van der Waals surface area contributed by atoms with Gasteiger partial charge in [-0.15, -0.1) is 10.2 Å². The Morgan fingerprint density at radius 2 is 1.89 bits per heavy atom. The van der Waals surface area contributed by atoms with E-state index in [0.717, 1.165) is 56.2 Å². The monoisotopic (exact) mass is 383 g/mol. The van der Waals surface area contributed by atoms with Gasteiger partial charge in [-0.3, -0.25) is 4.79 Å². The number of nitrogens with zero attached hydrogens (tertiary/aromatic N) is 5. The molecule has 1 saturated heterocycles. The molecule has 6 nitrogen and oxygen atoms in total. The van der Waals surface area contributed by atoms with Crippen molar-refractivity contribution in [1.82, 2.24) is 24.6 Å². The first kappa shape index (κ1) is 20.5. The minimum atomic E-state index is 0.234. The first-order valence-corrected chi connectivity index (χ1v) is 10.3. The number of likely N-dealkylation sites (tertiary alicyclic amines) is 1. The molecule has 0 radical (unpaired) electrons. The predicted molar refractivity (Wildman–Crippen MR) is 111 cm³/mol. The minimum absolute atomic E-state index is 0.234. The molecule has 2 heterocycles. The average Bonchev–Trinajstić information content (AvgIpc) is 3.06. The van der Waals surface area contributed by atoms with Crippen LogP contribution in [0.3, 0.4) is 0 Å². The number of hydrogen-bond donors (Lipinski definition) is 0. The normalized spacial score (nSPS) is 15.4. The van der Waals surface area contributed by atoms with Gasteiger partial charge in [0.05, 0.1) is 13.0 Å². The molecule has 1 aromatic heterocycles. The van der Waals surface area contributed by atoms with Crippen molar-refractivity contribution in [1.29, 1.82) is 0 Å². The van der Waals surface area contributed by atoms with E-state index in [-0.39, 0.29) is 5.91 Å². The molecule has 3 rings (SSSR count). The molecule has 0 unspecified atom stereocenters. The Hall–Kier alpha value is -2.21. The number of aromatic nitrogens is 3. The summed E-state index contributed by atoms with van der Waals surface area (Å²) in [5.74, 6) is 2.72. The van der Waals surface area contributed by atoms with Crippen LogP contribution < -0.4 is 0 Å². The van der Waals surface area contributed by atoms with Gasteiger partial charge < -0.3 is 14.4 Å². The molecular weight excluding hydrogens is 350 g/mol. The maximum absolute atomic E-state index is 12.8. The molecule has 0 saturated carbocycles. The van der Waals surface area contributed by atoms with Crippen molar-refractivity contribution >= 4 is 5.91 Å². The molecule has 28 heavy (non-hydrogen) atoms. The number of carbonyl (C=O) groups excluding carboxylic acids is 1. The Bertz CT molecular complexity index is 818. The van der Waals surface area contributed by atoms with E-state index in [4.69, 9.17) is 0 Å². The van der Waals surface area contributed by atoms with E-state index in [0.29, 0.717) is 12.3 Å². The second-order valence-electron chi connectivity index (χ2n) is 8.22. The van der Waals surface area contributed by atoms with Gasteiger partial charge in [0, 0.05) is 25.6 Å². The fourth-order valence-electron chi connectivity index (χ4n) is 4.05. The lowest BCUT2D eigenvalue weighted by atomic mass is 9.95. The highest BCUT2D eigenvalue weighted by atomic mass is 16.2. The number of rotatable bonds is 6. The Morgan fingerprint density at radius 3 is 2.54 bits per heavy atom. The highest BCUT2D eigenvalue weighted by molar-refractivity contribution is 5.79. The number of amides is 1. The van der Waals surface area contributed by atoms with Crippen molar-refractivity contribution in [2.75, 3.05) is 27.2 Å². The lowest BCUT2D eigenvalue weighted by molar-refractivity contribution is -0.131. The molecule has 152 valence electrons. The largest absolute Gasteiger partial charge is 0.342 e. The van der Waals surface area contributed by atoms with Crippen LogP contribution in [-0.4, -0.2) is 57.7 Å². The van der Waals surface area contributed by atoms with Gasteiger partial charge in [-0.2, -0.15) is 0 Å². The maximum Gasteiger partial charge on any atom is 0.227 e. The van der Waals surface area contributed by atoms with E-state index in [1.54, 1.807) is 0 Å². The molecule has 0 aliphatic carbocycles. The third kappa shape index (κ3) is 4.61. The second-order valence-corrected chi connectivity index (χ2v) is 8.22. The summed E-state index contributed by atoms with van der Waals surface area (Å²) in [6.45, 7) is 9.59. The summed E-state index contributed by atoms with van der Waals surface area (Å²) in [5.41, 5.74) is 3.55. The number of carbonyl (C=O) groups is 1. The summed E-state index contributed by atoms with van der Waals surface area (Å²) in [6, 6.07) is 6.34. The summed E-state index contributed by atoms with van der Waals surface area (Å²) in [6.07, 6.45) is 2.41.